The van der Waals surface area contributed by atoms with E-state index < -0.39 is 11.9 Å². The minimum atomic E-state index is -4.55. The van der Waals surface area contributed by atoms with Crippen molar-refractivity contribution in [3.8, 4) is 11.4 Å². The van der Waals surface area contributed by atoms with Crippen LogP contribution in [0.5, 0.6) is 0 Å². The van der Waals surface area contributed by atoms with E-state index in [0.29, 0.717) is 23.1 Å². The van der Waals surface area contributed by atoms with Gasteiger partial charge in [0.1, 0.15) is 5.82 Å². The molecule has 2 atom stereocenters. The predicted molar refractivity (Wildman–Crippen MR) is 112 cm³/mol. The molecule has 2 aromatic heterocycles. The van der Waals surface area contributed by atoms with Crippen LogP contribution in [0.15, 0.2) is 48.9 Å². The zero-order valence-corrected chi connectivity index (χ0v) is 17.2. The largest absolute Gasteiger partial charge is 0.434 e. The van der Waals surface area contributed by atoms with Crippen LogP contribution in [0.1, 0.15) is 41.0 Å². The van der Waals surface area contributed by atoms with Crippen LogP contribution in [0, 0.1) is 6.92 Å². The lowest BCUT2D eigenvalue weighted by molar-refractivity contribution is -0.141. The molecule has 0 saturated heterocycles. The Balaban J connectivity index is 1.49. The highest BCUT2D eigenvalue weighted by Gasteiger charge is 2.34. The number of nitrogens with zero attached hydrogens (tertiary/aromatic N) is 4. The third-order valence-electron chi connectivity index (χ3n) is 5.37. The summed E-state index contributed by atoms with van der Waals surface area (Å²) in [6.07, 6.45) is 1.74. The van der Waals surface area contributed by atoms with Crippen LogP contribution in [-0.2, 0) is 6.18 Å². The first-order valence-electron chi connectivity index (χ1n) is 10.2. The lowest BCUT2D eigenvalue weighted by Crippen LogP contribution is -2.43. The van der Waals surface area contributed by atoms with Crippen LogP contribution < -0.4 is 10.6 Å². The van der Waals surface area contributed by atoms with E-state index in [1.165, 1.54) is 6.92 Å². The van der Waals surface area contributed by atoms with E-state index in [2.05, 4.69) is 30.6 Å². The van der Waals surface area contributed by atoms with Crippen molar-refractivity contribution in [1.29, 1.82) is 0 Å². The highest BCUT2D eigenvalue weighted by molar-refractivity contribution is 6.00. The van der Waals surface area contributed by atoms with Crippen molar-refractivity contribution in [2.45, 2.75) is 44.4 Å². The number of amides is 1. The first-order chi connectivity index (χ1) is 15.3. The minimum Gasteiger partial charge on any atom is -0.364 e. The number of hydrogen-bond donors (Lipinski definition) is 2. The maximum atomic E-state index is 13.1. The minimum absolute atomic E-state index is 0.156. The number of halogens is 3. The van der Waals surface area contributed by atoms with Crippen LogP contribution in [0.25, 0.3) is 11.4 Å². The zero-order valence-electron chi connectivity index (χ0n) is 17.2. The molecule has 1 aromatic carbocycles. The van der Waals surface area contributed by atoms with Gasteiger partial charge >= 0.3 is 6.18 Å². The molecule has 2 N–H and O–H groups in total. The molecular formula is C22H21F3N6O. The standard InChI is InChI=1S/C22H21F3N6O/c1-13-19(28-12-18(29-13)22(23,24)25)30-16-8-4-9-17(16)31-21(32)15-7-3-2-6-14(15)20-26-10-5-11-27-20/h2-3,5-7,10-12,16-17H,4,8-9H2,1H3,(H,28,30)(H,31,32)/t16-,17?/m0/s1. The van der Waals surface area contributed by atoms with Gasteiger partial charge in [0.05, 0.1) is 17.5 Å². The monoisotopic (exact) mass is 442 g/mol. The summed E-state index contributed by atoms with van der Waals surface area (Å²) >= 11 is 0. The van der Waals surface area contributed by atoms with Crippen molar-refractivity contribution in [3.63, 3.8) is 0 Å². The zero-order chi connectivity index (χ0) is 22.7. The molecule has 1 aliphatic rings. The second-order valence-corrected chi connectivity index (χ2v) is 7.57. The van der Waals surface area contributed by atoms with Crippen LogP contribution in [-0.4, -0.2) is 37.9 Å². The number of aromatic nitrogens is 4. The molecule has 7 nitrogen and oxygen atoms in total. The fraction of sp³-hybridized carbons (Fsp3) is 0.318. The van der Waals surface area contributed by atoms with Gasteiger partial charge in [0.25, 0.3) is 5.91 Å². The summed E-state index contributed by atoms with van der Waals surface area (Å²) < 4.78 is 38.5. The van der Waals surface area contributed by atoms with E-state index in [1.807, 2.05) is 6.07 Å². The molecule has 10 heteroatoms. The van der Waals surface area contributed by atoms with Crippen molar-refractivity contribution < 1.29 is 18.0 Å². The number of carbonyl (C=O) groups excluding carboxylic acids is 1. The Morgan fingerprint density at radius 2 is 1.75 bits per heavy atom. The van der Waals surface area contributed by atoms with E-state index >= 15 is 0 Å². The fourth-order valence-corrected chi connectivity index (χ4v) is 3.80. The van der Waals surface area contributed by atoms with Crippen molar-refractivity contribution in [2.24, 2.45) is 0 Å². The summed E-state index contributed by atoms with van der Waals surface area (Å²) in [5, 5.41) is 6.21. The molecule has 0 aliphatic heterocycles. The average Bonchev–Trinajstić information content (AvgIpc) is 3.21. The lowest BCUT2D eigenvalue weighted by Gasteiger charge is -2.24. The van der Waals surface area contributed by atoms with E-state index in [0.717, 1.165) is 19.3 Å². The summed E-state index contributed by atoms with van der Waals surface area (Å²) in [4.78, 5) is 29.1. The predicted octanol–water partition coefficient (Wildman–Crippen LogP) is 4.02. The van der Waals surface area contributed by atoms with Gasteiger partial charge in [-0.3, -0.25) is 4.79 Å². The number of benzene rings is 1. The molecule has 166 valence electrons. The molecule has 2 heterocycles. The van der Waals surface area contributed by atoms with E-state index in [-0.39, 0.29) is 29.5 Å². The molecule has 0 bridgehead atoms. The number of aryl methyl sites for hydroxylation is 1. The van der Waals surface area contributed by atoms with E-state index in [1.54, 1.807) is 36.7 Å². The molecule has 1 unspecified atom stereocenters. The smallest absolute Gasteiger partial charge is 0.364 e. The molecule has 1 aliphatic carbocycles. The van der Waals surface area contributed by atoms with Crippen molar-refractivity contribution in [1.82, 2.24) is 25.3 Å². The van der Waals surface area contributed by atoms with Crippen molar-refractivity contribution in [2.75, 3.05) is 5.32 Å². The molecule has 0 radical (unpaired) electrons. The Morgan fingerprint density at radius 1 is 1.03 bits per heavy atom. The second kappa shape index (κ2) is 8.89. The Hall–Kier alpha value is -3.56. The third kappa shape index (κ3) is 4.68. The van der Waals surface area contributed by atoms with Crippen molar-refractivity contribution >= 4 is 11.7 Å². The quantitative estimate of drug-likeness (QED) is 0.620. The van der Waals surface area contributed by atoms with E-state index in [4.69, 9.17) is 0 Å². The summed E-state index contributed by atoms with van der Waals surface area (Å²) in [5.41, 5.74) is 0.201. The molecule has 4 rings (SSSR count). The van der Waals surface area contributed by atoms with Gasteiger partial charge in [0, 0.05) is 30.0 Å². The summed E-state index contributed by atoms with van der Waals surface area (Å²) in [6.45, 7) is 1.48. The molecule has 1 amide bonds. The Bertz CT molecular complexity index is 1110. The topological polar surface area (TPSA) is 92.7 Å². The highest BCUT2D eigenvalue weighted by atomic mass is 19.4. The highest BCUT2D eigenvalue weighted by Crippen LogP contribution is 2.29. The first kappa shape index (κ1) is 21.7. The Morgan fingerprint density at radius 3 is 2.47 bits per heavy atom. The summed E-state index contributed by atoms with van der Waals surface area (Å²) in [5.74, 6) is 0.471. The number of anilines is 1. The Labute approximate surface area is 182 Å². The number of carbonyl (C=O) groups is 1. The van der Waals surface area contributed by atoms with Gasteiger partial charge in [-0.1, -0.05) is 18.2 Å². The van der Waals surface area contributed by atoms with Gasteiger partial charge in [0.15, 0.2) is 11.5 Å². The SMILES string of the molecule is Cc1nc(C(F)(F)F)cnc1N[C@H]1CCCC1NC(=O)c1ccccc1-c1ncccn1. The van der Waals surface area contributed by atoms with Gasteiger partial charge in [-0.05, 0) is 38.3 Å². The normalized spacial score (nSPS) is 18.4. The summed E-state index contributed by atoms with van der Waals surface area (Å²) in [7, 11) is 0. The molecule has 1 fully saturated rings. The second-order valence-electron chi connectivity index (χ2n) is 7.57. The van der Waals surface area contributed by atoms with Gasteiger partial charge in [-0.15, -0.1) is 0 Å². The number of alkyl halides is 3. The van der Waals surface area contributed by atoms with Crippen LogP contribution in [0.4, 0.5) is 19.0 Å². The summed E-state index contributed by atoms with van der Waals surface area (Å²) in [6, 6.07) is 8.40. The average molecular weight is 442 g/mol. The number of nitrogens with one attached hydrogen (secondary N) is 2. The van der Waals surface area contributed by atoms with E-state index in [9.17, 15) is 18.0 Å². The van der Waals surface area contributed by atoms with Crippen molar-refractivity contribution in [3.05, 3.63) is 65.9 Å². The maximum Gasteiger partial charge on any atom is 0.434 e. The van der Waals surface area contributed by atoms with Gasteiger partial charge in [-0.2, -0.15) is 13.2 Å². The Kier molecular flexibility index (Phi) is 6.02. The van der Waals surface area contributed by atoms with Crippen LogP contribution in [0.2, 0.25) is 0 Å². The molecule has 32 heavy (non-hydrogen) atoms. The molecule has 1 saturated carbocycles. The van der Waals surface area contributed by atoms with Gasteiger partial charge in [0.2, 0.25) is 0 Å². The number of hydrogen-bond acceptors (Lipinski definition) is 6. The third-order valence-corrected chi connectivity index (χ3v) is 5.37. The molecule has 0 spiro atoms. The lowest BCUT2D eigenvalue weighted by atomic mass is 10.0. The van der Waals surface area contributed by atoms with Gasteiger partial charge in [-0.25, -0.2) is 19.9 Å². The number of rotatable bonds is 5. The van der Waals surface area contributed by atoms with Crippen LogP contribution in [0.3, 0.4) is 0 Å². The fourth-order valence-electron chi connectivity index (χ4n) is 3.80. The first-order valence-corrected chi connectivity index (χ1v) is 10.2. The molecular weight excluding hydrogens is 421 g/mol. The van der Waals surface area contributed by atoms with Gasteiger partial charge < -0.3 is 10.6 Å². The van der Waals surface area contributed by atoms with Crippen LogP contribution >= 0.6 is 0 Å². The molecule has 3 aromatic rings. The maximum absolute atomic E-state index is 13.1.